The zero-order valence-corrected chi connectivity index (χ0v) is 18.3. The number of benzene rings is 2. The molecular formula is C26H30FN3O2. The summed E-state index contributed by atoms with van der Waals surface area (Å²) in [5.41, 5.74) is 1.64. The van der Waals surface area contributed by atoms with E-state index < -0.39 is 6.04 Å². The minimum absolute atomic E-state index is 0.0718. The van der Waals surface area contributed by atoms with Crippen LogP contribution in [0, 0.1) is 11.7 Å². The first-order chi connectivity index (χ1) is 15.6. The molecule has 32 heavy (non-hydrogen) atoms. The number of rotatable bonds is 3. The Balaban J connectivity index is 1.33. The Morgan fingerprint density at radius 2 is 1.53 bits per heavy atom. The van der Waals surface area contributed by atoms with Gasteiger partial charge in [0.05, 0.1) is 0 Å². The van der Waals surface area contributed by atoms with Gasteiger partial charge in [-0.05, 0) is 61.6 Å². The summed E-state index contributed by atoms with van der Waals surface area (Å²) in [7, 11) is 0. The Morgan fingerprint density at radius 3 is 2.25 bits per heavy atom. The van der Waals surface area contributed by atoms with Crippen LogP contribution in [0.15, 0.2) is 54.6 Å². The fraction of sp³-hybridized carbons (Fsp3) is 0.462. The molecule has 2 aromatic rings. The van der Waals surface area contributed by atoms with Crippen LogP contribution in [0.5, 0.6) is 0 Å². The van der Waals surface area contributed by atoms with Crippen LogP contribution in [-0.2, 0) is 4.79 Å². The number of anilines is 1. The van der Waals surface area contributed by atoms with E-state index in [1.54, 1.807) is 0 Å². The molecule has 2 heterocycles. The molecule has 2 saturated heterocycles. The van der Waals surface area contributed by atoms with E-state index in [1.807, 2.05) is 28.0 Å². The number of nitrogens with zero attached hydrogens (tertiary/aromatic N) is 3. The largest absolute Gasteiger partial charge is 0.368 e. The molecular weight excluding hydrogens is 405 g/mol. The van der Waals surface area contributed by atoms with Gasteiger partial charge in [0.1, 0.15) is 11.9 Å². The molecule has 5 nitrogen and oxygen atoms in total. The smallest absolute Gasteiger partial charge is 0.254 e. The van der Waals surface area contributed by atoms with Gasteiger partial charge in [0.15, 0.2) is 0 Å². The maximum absolute atomic E-state index is 13.6. The molecule has 6 heteroatoms. The fourth-order valence-electron chi connectivity index (χ4n) is 5.75. The lowest BCUT2D eigenvalue weighted by atomic mass is 9.84. The fourth-order valence-corrected chi connectivity index (χ4v) is 5.75. The number of carbonyl (C=O) groups excluding carboxylic acids is 2. The Bertz CT molecular complexity index is 957. The van der Waals surface area contributed by atoms with E-state index in [0.29, 0.717) is 24.6 Å². The van der Waals surface area contributed by atoms with E-state index in [1.165, 1.54) is 30.0 Å². The molecule has 3 aliphatic rings. The topological polar surface area (TPSA) is 43.9 Å². The molecule has 0 aromatic heterocycles. The van der Waals surface area contributed by atoms with Crippen LogP contribution in [0.3, 0.4) is 0 Å². The van der Waals surface area contributed by atoms with Gasteiger partial charge < -0.3 is 14.7 Å². The van der Waals surface area contributed by atoms with Crippen molar-refractivity contribution in [3.8, 4) is 0 Å². The van der Waals surface area contributed by atoms with Crippen molar-refractivity contribution in [3.05, 3.63) is 66.0 Å². The van der Waals surface area contributed by atoms with Crippen molar-refractivity contribution in [2.24, 2.45) is 5.92 Å². The SMILES string of the molecule is O=C([C@@H]1C[C@H]2CCCC[C@@H]2N1C(=O)c1ccc(F)cc1)N1CCN(c2ccccc2)CC1. The molecule has 5 rings (SSSR count). The van der Waals surface area contributed by atoms with Crippen molar-refractivity contribution in [2.45, 2.75) is 44.2 Å². The summed E-state index contributed by atoms with van der Waals surface area (Å²) in [4.78, 5) is 33.2. The average Bonchev–Trinajstić information content (AvgIpc) is 3.24. The number of halogens is 1. The summed E-state index contributed by atoms with van der Waals surface area (Å²) >= 11 is 0. The quantitative estimate of drug-likeness (QED) is 0.733. The van der Waals surface area contributed by atoms with Crippen LogP contribution >= 0.6 is 0 Å². The third kappa shape index (κ3) is 3.98. The molecule has 1 aliphatic carbocycles. The molecule has 0 spiro atoms. The number of likely N-dealkylation sites (tertiary alicyclic amines) is 1. The van der Waals surface area contributed by atoms with E-state index in [9.17, 15) is 14.0 Å². The summed E-state index contributed by atoms with van der Waals surface area (Å²) in [6.45, 7) is 2.92. The molecule has 0 bridgehead atoms. The highest BCUT2D eigenvalue weighted by Crippen LogP contribution is 2.41. The number of para-hydroxylation sites is 1. The highest BCUT2D eigenvalue weighted by molar-refractivity contribution is 5.98. The molecule has 3 atom stereocenters. The normalized spacial score (nSPS) is 25.5. The predicted molar refractivity (Wildman–Crippen MR) is 122 cm³/mol. The van der Waals surface area contributed by atoms with Crippen molar-refractivity contribution < 1.29 is 14.0 Å². The van der Waals surface area contributed by atoms with Gasteiger partial charge in [-0.3, -0.25) is 9.59 Å². The average molecular weight is 436 g/mol. The maximum atomic E-state index is 13.6. The summed E-state index contributed by atoms with van der Waals surface area (Å²) < 4.78 is 13.4. The highest BCUT2D eigenvalue weighted by Gasteiger charge is 2.48. The number of carbonyl (C=O) groups is 2. The minimum atomic E-state index is -0.413. The Kier molecular flexibility index (Phi) is 5.85. The van der Waals surface area contributed by atoms with Crippen LogP contribution in [0.1, 0.15) is 42.5 Å². The molecule has 168 valence electrons. The van der Waals surface area contributed by atoms with Gasteiger partial charge in [-0.25, -0.2) is 4.39 Å². The molecule has 0 N–H and O–H groups in total. The van der Waals surface area contributed by atoms with Crippen LogP contribution in [0.25, 0.3) is 0 Å². The third-order valence-corrected chi connectivity index (χ3v) is 7.41. The second kappa shape index (κ2) is 8.93. The van der Waals surface area contributed by atoms with E-state index in [4.69, 9.17) is 0 Å². The van der Waals surface area contributed by atoms with Crippen LogP contribution < -0.4 is 4.90 Å². The van der Waals surface area contributed by atoms with Crippen LogP contribution in [0.2, 0.25) is 0 Å². The summed E-state index contributed by atoms with van der Waals surface area (Å²) in [5.74, 6) is -0.0432. The predicted octanol–water partition coefficient (Wildman–Crippen LogP) is 3.95. The third-order valence-electron chi connectivity index (χ3n) is 7.41. The second-order valence-electron chi connectivity index (χ2n) is 9.23. The maximum Gasteiger partial charge on any atom is 0.254 e. The molecule has 2 amide bonds. The van der Waals surface area contributed by atoms with Gasteiger partial charge in [0.2, 0.25) is 5.91 Å². The number of hydrogen-bond donors (Lipinski definition) is 0. The number of hydrogen-bond acceptors (Lipinski definition) is 3. The van der Waals surface area contributed by atoms with Gasteiger partial charge in [-0.15, -0.1) is 0 Å². The van der Waals surface area contributed by atoms with Crippen molar-refractivity contribution >= 4 is 17.5 Å². The molecule has 0 radical (unpaired) electrons. The zero-order valence-electron chi connectivity index (χ0n) is 18.3. The van der Waals surface area contributed by atoms with E-state index >= 15 is 0 Å². The first kappa shape index (κ1) is 21.0. The van der Waals surface area contributed by atoms with Crippen molar-refractivity contribution in [2.75, 3.05) is 31.1 Å². The zero-order chi connectivity index (χ0) is 22.1. The first-order valence-corrected chi connectivity index (χ1v) is 11.8. The number of fused-ring (bicyclic) bond motifs is 1. The Hall–Kier alpha value is -2.89. The van der Waals surface area contributed by atoms with E-state index in [-0.39, 0.29) is 23.7 Å². The lowest BCUT2D eigenvalue weighted by molar-refractivity contribution is -0.136. The second-order valence-corrected chi connectivity index (χ2v) is 9.23. The van der Waals surface area contributed by atoms with Gasteiger partial charge >= 0.3 is 0 Å². The molecule has 0 unspecified atom stereocenters. The minimum Gasteiger partial charge on any atom is -0.368 e. The lowest BCUT2D eigenvalue weighted by Crippen LogP contribution is -2.55. The van der Waals surface area contributed by atoms with Crippen molar-refractivity contribution in [1.82, 2.24) is 9.80 Å². The summed E-state index contributed by atoms with van der Waals surface area (Å²) in [6, 6.07) is 15.7. The lowest BCUT2D eigenvalue weighted by Gasteiger charge is -2.39. The van der Waals surface area contributed by atoms with Gasteiger partial charge in [-0.1, -0.05) is 31.0 Å². The standard InChI is InChI=1S/C26H30FN3O2/c27-21-12-10-19(11-13-21)25(31)30-23-9-5-4-6-20(23)18-24(30)26(32)29-16-14-28(15-17-29)22-7-2-1-3-8-22/h1-3,7-8,10-13,20,23-24H,4-6,9,14-18H2/t20-,23+,24+/m1/s1. The van der Waals surface area contributed by atoms with Crippen molar-refractivity contribution in [3.63, 3.8) is 0 Å². The molecule has 2 aliphatic heterocycles. The molecule has 3 fully saturated rings. The molecule has 2 aromatic carbocycles. The van der Waals surface area contributed by atoms with E-state index in [0.717, 1.165) is 45.2 Å². The van der Waals surface area contributed by atoms with Gasteiger partial charge in [0, 0.05) is 43.5 Å². The van der Waals surface area contributed by atoms with Crippen LogP contribution in [-0.4, -0.2) is 59.9 Å². The molecule has 1 saturated carbocycles. The van der Waals surface area contributed by atoms with Crippen molar-refractivity contribution in [1.29, 1.82) is 0 Å². The Morgan fingerprint density at radius 1 is 0.844 bits per heavy atom. The van der Waals surface area contributed by atoms with Crippen LogP contribution in [0.4, 0.5) is 10.1 Å². The monoisotopic (exact) mass is 435 g/mol. The summed E-state index contributed by atoms with van der Waals surface area (Å²) in [6.07, 6.45) is 5.02. The highest BCUT2D eigenvalue weighted by atomic mass is 19.1. The van der Waals surface area contributed by atoms with Gasteiger partial charge in [0.25, 0.3) is 5.91 Å². The van der Waals surface area contributed by atoms with Gasteiger partial charge in [-0.2, -0.15) is 0 Å². The Labute approximate surface area is 188 Å². The first-order valence-electron chi connectivity index (χ1n) is 11.8. The number of piperazine rings is 1. The number of amides is 2. The van der Waals surface area contributed by atoms with E-state index in [2.05, 4.69) is 17.0 Å². The summed E-state index contributed by atoms with van der Waals surface area (Å²) in [5, 5.41) is 0.